The van der Waals surface area contributed by atoms with E-state index in [2.05, 4.69) is 20.8 Å². The molecule has 2 N–H and O–H groups in total. The van der Waals surface area contributed by atoms with Crippen LogP contribution in [0.25, 0.3) is 0 Å². The van der Waals surface area contributed by atoms with Crippen LogP contribution in [0, 0.1) is 0 Å². The second-order valence-electron chi connectivity index (χ2n) is 4.90. The van der Waals surface area contributed by atoms with Crippen molar-refractivity contribution in [3.63, 3.8) is 0 Å². The summed E-state index contributed by atoms with van der Waals surface area (Å²) >= 11 is 1.20. The van der Waals surface area contributed by atoms with E-state index in [1.807, 2.05) is 0 Å². The van der Waals surface area contributed by atoms with E-state index in [-0.39, 0.29) is 11.7 Å². The number of amides is 1. The average molecular weight is 285 g/mol. The first-order valence-electron chi connectivity index (χ1n) is 5.85. The Morgan fingerprint density at radius 2 is 2.21 bits per heavy atom. The van der Waals surface area contributed by atoms with E-state index >= 15 is 0 Å². The van der Waals surface area contributed by atoms with Gasteiger partial charge in [-0.1, -0.05) is 11.8 Å². The van der Waals surface area contributed by atoms with Gasteiger partial charge in [0.25, 0.3) is 0 Å². The normalized spacial score (nSPS) is 15.3. The second kappa shape index (κ2) is 5.16. The van der Waals surface area contributed by atoms with Gasteiger partial charge in [-0.2, -0.15) is 0 Å². The van der Waals surface area contributed by atoms with Gasteiger partial charge >= 0.3 is 5.97 Å². The highest BCUT2D eigenvalue weighted by atomic mass is 32.2. The predicted octanol–water partition coefficient (Wildman–Crippen LogP) is 0.0795. The molecular weight excluding hydrogens is 270 g/mol. The number of carboxylic acid groups (broad SMARTS) is 1. The maximum absolute atomic E-state index is 11.7. The summed E-state index contributed by atoms with van der Waals surface area (Å²) in [6, 6.07) is 0.344. The van der Waals surface area contributed by atoms with E-state index in [4.69, 9.17) is 5.11 Å². The minimum atomic E-state index is -1.28. The maximum atomic E-state index is 11.7. The number of carbonyl (C=O) groups excluding carboxylic acids is 1. The van der Waals surface area contributed by atoms with Crippen molar-refractivity contribution in [1.29, 1.82) is 0 Å². The molecule has 1 heterocycles. The molecule has 1 aromatic heterocycles. The third-order valence-electron chi connectivity index (χ3n) is 2.67. The minimum absolute atomic E-state index is 0.0871. The van der Waals surface area contributed by atoms with Gasteiger partial charge < -0.3 is 10.4 Å². The molecule has 9 heteroatoms. The number of carbonyl (C=O) groups is 2. The van der Waals surface area contributed by atoms with Crippen LogP contribution in [0.15, 0.2) is 5.16 Å². The number of aliphatic carboxylic acids is 1. The van der Waals surface area contributed by atoms with Gasteiger partial charge in [-0.15, -0.1) is 5.10 Å². The number of hydrogen-bond acceptors (Lipinski definition) is 6. The number of nitrogens with one attached hydrogen (secondary N) is 1. The largest absolute Gasteiger partial charge is 0.480 e. The standard InChI is InChI=1S/C10H15N5O3S/c1-10(2,8(17)18)11-7(16)5-19-9-12-13-14-15(9)6-3-4-6/h6H,3-5H2,1-2H3,(H,11,16)(H,17,18). The molecule has 1 aliphatic carbocycles. The molecule has 1 aliphatic rings. The maximum Gasteiger partial charge on any atom is 0.328 e. The summed E-state index contributed by atoms with van der Waals surface area (Å²) in [6.07, 6.45) is 2.10. The van der Waals surface area contributed by atoms with E-state index in [0.717, 1.165) is 12.8 Å². The highest BCUT2D eigenvalue weighted by Crippen LogP contribution is 2.36. The number of hydrogen-bond donors (Lipinski definition) is 2. The van der Waals surface area contributed by atoms with Gasteiger partial charge in [0.05, 0.1) is 11.8 Å². The summed E-state index contributed by atoms with van der Waals surface area (Å²) in [6.45, 7) is 2.87. The zero-order chi connectivity index (χ0) is 14.0. The predicted molar refractivity (Wildman–Crippen MR) is 66.7 cm³/mol. The molecule has 0 aliphatic heterocycles. The Labute approximate surface area is 113 Å². The van der Waals surface area contributed by atoms with Crippen molar-refractivity contribution in [3.8, 4) is 0 Å². The highest BCUT2D eigenvalue weighted by Gasteiger charge is 2.30. The Kier molecular flexibility index (Phi) is 3.74. The Balaban J connectivity index is 1.86. The van der Waals surface area contributed by atoms with Crippen molar-refractivity contribution in [2.24, 2.45) is 0 Å². The summed E-state index contributed by atoms with van der Waals surface area (Å²) in [7, 11) is 0. The lowest BCUT2D eigenvalue weighted by Crippen LogP contribution is -2.50. The third kappa shape index (κ3) is 3.43. The summed E-state index contributed by atoms with van der Waals surface area (Å²) in [5.74, 6) is -1.35. The monoisotopic (exact) mass is 285 g/mol. The fourth-order valence-electron chi connectivity index (χ4n) is 1.40. The van der Waals surface area contributed by atoms with Crippen molar-refractivity contribution < 1.29 is 14.7 Å². The van der Waals surface area contributed by atoms with Crippen molar-refractivity contribution >= 4 is 23.6 Å². The van der Waals surface area contributed by atoms with Gasteiger partial charge in [-0.3, -0.25) is 4.79 Å². The van der Waals surface area contributed by atoms with Gasteiger partial charge in [-0.05, 0) is 37.1 Å². The molecule has 1 amide bonds. The zero-order valence-corrected chi connectivity index (χ0v) is 11.5. The lowest BCUT2D eigenvalue weighted by Gasteiger charge is -2.20. The summed E-state index contributed by atoms with van der Waals surface area (Å²) < 4.78 is 1.71. The van der Waals surface area contributed by atoms with Crippen molar-refractivity contribution in [2.45, 2.75) is 43.4 Å². The van der Waals surface area contributed by atoms with Gasteiger partial charge in [0.15, 0.2) is 0 Å². The van der Waals surface area contributed by atoms with E-state index in [1.165, 1.54) is 25.6 Å². The van der Waals surface area contributed by atoms with E-state index < -0.39 is 11.5 Å². The van der Waals surface area contributed by atoms with Crippen LogP contribution in [0.1, 0.15) is 32.7 Å². The quantitative estimate of drug-likeness (QED) is 0.712. The molecule has 0 bridgehead atoms. The van der Waals surface area contributed by atoms with E-state index in [9.17, 15) is 9.59 Å². The lowest BCUT2D eigenvalue weighted by atomic mass is 10.1. The van der Waals surface area contributed by atoms with Crippen LogP contribution in [0.5, 0.6) is 0 Å². The molecule has 8 nitrogen and oxygen atoms in total. The Hall–Kier alpha value is -1.64. The van der Waals surface area contributed by atoms with Gasteiger partial charge in [-0.25, -0.2) is 9.48 Å². The molecule has 0 saturated heterocycles. The number of nitrogens with zero attached hydrogens (tertiary/aromatic N) is 4. The Morgan fingerprint density at radius 1 is 1.53 bits per heavy atom. The van der Waals surface area contributed by atoms with Crippen molar-refractivity contribution in [3.05, 3.63) is 0 Å². The minimum Gasteiger partial charge on any atom is -0.480 e. The smallest absolute Gasteiger partial charge is 0.328 e. The van der Waals surface area contributed by atoms with Crippen LogP contribution < -0.4 is 5.32 Å². The number of carboxylic acids is 1. The number of aromatic nitrogens is 4. The molecule has 0 spiro atoms. The second-order valence-corrected chi connectivity index (χ2v) is 5.85. The summed E-state index contributed by atoms with van der Waals surface area (Å²) in [5.41, 5.74) is -1.28. The fraction of sp³-hybridized carbons (Fsp3) is 0.700. The molecule has 0 aromatic carbocycles. The highest BCUT2D eigenvalue weighted by molar-refractivity contribution is 7.99. The van der Waals surface area contributed by atoms with Crippen LogP contribution in [0.4, 0.5) is 0 Å². The lowest BCUT2D eigenvalue weighted by molar-refractivity contribution is -0.145. The molecule has 19 heavy (non-hydrogen) atoms. The molecule has 2 rings (SSSR count). The fourth-order valence-corrected chi connectivity index (χ4v) is 2.14. The SMILES string of the molecule is CC(C)(NC(=O)CSc1nnnn1C1CC1)C(=O)O. The molecular formula is C10H15N5O3S. The number of thioether (sulfide) groups is 1. The molecule has 0 radical (unpaired) electrons. The first-order valence-corrected chi connectivity index (χ1v) is 6.84. The van der Waals surface area contributed by atoms with E-state index in [0.29, 0.717) is 11.2 Å². The molecule has 1 fully saturated rings. The summed E-state index contributed by atoms with van der Waals surface area (Å²) in [4.78, 5) is 22.6. The third-order valence-corrected chi connectivity index (χ3v) is 3.61. The molecule has 1 saturated carbocycles. The topological polar surface area (TPSA) is 110 Å². The Morgan fingerprint density at radius 3 is 2.79 bits per heavy atom. The van der Waals surface area contributed by atoms with Crippen LogP contribution in [-0.2, 0) is 9.59 Å². The Bertz CT molecular complexity index is 497. The van der Waals surface area contributed by atoms with Gasteiger partial charge in [0.2, 0.25) is 11.1 Å². The van der Waals surface area contributed by atoms with Gasteiger partial charge in [0.1, 0.15) is 5.54 Å². The average Bonchev–Trinajstić information content (AvgIpc) is 3.05. The zero-order valence-electron chi connectivity index (χ0n) is 10.7. The molecule has 0 atom stereocenters. The van der Waals surface area contributed by atoms with Crippen LogP contribution >= 0.6 is 11.8 Å². The van der Waals surface area contributed by atoms with Crippen molar-refractivity contribution in [2.75, 3.05) is 5.75 Å². The van der Waals surface area contributed by atoms with Crippen LogP contribution in [0.2, 0.25) is 0 Å². The number of tetrazole rings is 1. The first kappa shape index (κ1) is 13.8. The van der Waals surface area contributed by atoms with Crippen LogP contribution in [-0.4, -0.2) is 48.5 Å². The van der Waals surface area contributed by atoms with Crippen molar-refractivity contribution in [1.82, 2.24) is 25.5 Å². The summed E-state index contributed by atoms with van der Waals surface area (Å²) in [5, 5.41) is 23.2. The van der Waals surface area contributed by atoms with Gasteiger partial charge in [0, 0.05) is 0 Å². The molecule has 0 unspecified atom stereocenters. The first-order chi connectivity index (χ1) is 8.90. The molecule has 104 valence electrons. The van der Waals surface area contributed by atoms with E-state index in [1.54, 1.807) is 4.68 Å². The van der Waals surface area contributed by atoms with Crippen LogP contribution in [0.3, 0.4) is 0 Å². The molecule has 1 aromatic rings. The number of rotatable bonds is 6.